The SMILES string of the molecule is CCC1CCC(Nc2cc(-n3cnnn3)ccc2F)C1. The minimum absolute atomic E-state index is 0.234. The Balaban J connectivity index is 1.77. The highest BCUT2D eigenvalue weighted by Crippen LogP contribution is 2.31. The van der Waals surface area contributed by atoms with Gasteiger partial charge in [-0.15, -0.1) is 5.10 Å². The number of hydrogen-bond acceptors (Lipinski definition) is 4. The van der Waals surface area contributed by atoms with Gasteiger partial charge in [-0.25, -0.2) is 9.07 Å². The highest BCUT2D eigenvalue weighted by atomic mass is 19.1. The molecular formula is C14H18FN5. The molecule has 0 aliphatic heterocycles. The fourth-order valence-electron chi connectivity index (χ4n) is 2.84. The van der Waals surface area contributed by atoms with Crippen molar-refractivity contribution >= 4 is 5.69 Å². The number of anilines is 1. The van der Waals surface area contributed by atoms with Crippen LogP contribution < -0.4 is 5.32 Å². The van der Waals surface area contributed by atoms with Gasteiger partial charge in [-0.2, -0.15) is 0 Å². The lowest BCUT2D eigenvalue weighted by atomic mass is 10.1. The van der Waals surface area contributed by atoms with Crippen LogP contribution in [0, 0.1) is 11.7 Å². The van der Waals surface area contributed by atoms with Crippen molar-refractivity contribution in [1.82, 2.24) is 20.2 Å². The minimum Gasteiger partial charge on any atom is -0.380 e. The van der Waals surface area contributed by atoms with E-state index >= 15 is 0 Å². The molecule has 2 unspecified atom stereocenters. The first-order valence-corrected chi connectivity index (χ1v) is 7.05. The van der Waals surface area contributed by atoms with Crippen LogP contribution in [0.15, 0.2) is 24.5 Å². The summed E-state index contributed by atoms with van der Waals surface area (Å²) in [5.74, 6) is 0.528. The lowest BCUT2D eigenvalue weighted by Crippen LogP contribution is -2.16. The number of nitrogens with zero attached hydrogens (tertiary/aromatic N) is 4. The maximum atomic E-state index is 13.9. The molecule has 2 atom stereocenters. The first-order chi connectivity index (χ1) is 9.76. The van der Waals surface area contributed by atoms with Crippen LogP contribution >= 0.6 is 0 Å². The maximum Gasteiger partial charge on any atom is 0.146 e. The fourth-order valence-corrected chi connectivity index (χ4v) is 2.84. The molecule has 6 heteroatoms. The van der Waals surface area contributed by atoms with E-state index in [9.17, 15) is 4.39 Å². The van der Waals surface area contributed by atoms with Gasteiger partial charge in [0, 0.05) is 6.04 Å². The van der Waals surface area contributed by atoms with Gasteiger partial charge in [0.2, 0.25) is 0 Å². The van der Waals surface area contributed by atoms with Crippen molar-refractivity contribution in [3.63, 3.8) is 0 Å². The third-order valence-electron chi connectivity index (χ3n) is 4.04. The van der Waals surface area contributed by atoms with E-state index < -0.39 is 0 Å². The Morgan fingerprint density at radius 3 is 3.00 bits per heavy atom. The summed E-state index contributed by atoms with van der Waals surface area (Å²) in [7, 11) is 0. The van der Waals surface area contributed by atoms with E-state index in [1.165, 1.54) is 29.9 Å². The molecule has 1 saturated carbocycles. The Kier molecular flexibility index (Phi) is 3.62. The fraction of sp³-hybridized carbons (Fsp3) is 0.500. The summed E-state index contributed by atoms with van der Waals surface area (Å²) in [4.78, 5) is 0. The van der Waals surface area contributed by atoms with Crippen LogP contribution in [0.1, 0.15) is 32.6 Å². The molecule has 1 fully saturated rings. The third kappa shape index (κ3) is 2.64. The summed E-state index contributed by atoms with van der Waals surface area (Å²) in [6.45, 7) is 2.21. The van der Waals surface area contributed by atoms with Crippen molar-refractivity contribution in [2.75, 3.05) is 5.32 Å². The van der Waals surface area contributed by atoms with E-state index in [4.69, 9.17) is 0 Å². The van der Waals surface area contributed by atoms with E-state index in [1.807, 2.05) is 0 Å². The van der Waals surface area contributed by atoms with E-state index in [0.29, 0.717) is 11.7 Å². The summed E-state index contributed by atoms with van der Waals surface area (Å²) >= 11 is 0. The average Bonchev–Trinajstić information content (AvgIpc) is 3.12. The molecule has 1 aromatic heterocycles. The van der Waals surface area contributed by atoms with Crippen LogP contribution in [0.5, 0.6) is 0 Å². The molecule has 1 aliphatic carbocycles. The standard InChI is InChI=1S/C14H18FN5/c1-2-10-3-4-11(7-10)17-14-8-12(5-6-13(14)15)20-9-16-18-19-20/h5-6,8-11,17H,2-4,7H2,1H3. The van der Waals surface area contributed by atoms with Crippen LogP contribution in [0.2, 0.25) is 0 Å². The zero-order valence-corrected chi connectivity index (χ0v) is 11.5. The van der Waals surface area contributed by atoms with Crippen molar-refractivity contribution in [1.29, 1.82) is 0 Å². The lowest BCUT2D eigenvalue weighted by Gasteiger charge is -2.15. The molecule has 0 amide bonds. The van der Waals surface area contributed by atoms with Crippen LogP contribution in [0.25, 0.3) is 5.69 Å². The molecule has 106 valence electrons. The van der Waals surface area contributed by atoms with Crippen molar-refractivity contribution in [3.8, 4) is 5.69 Å². The second kappa shape index (κ2) is 5.56. The van der Waals surface area contributed by atoms with Gasteiger partial charge < -0.3 is 5.32 Å². The van der Waals surface area contributed by atoms with Crippen LogP contribution in [-0.2, 0) is 0 Å². The monoisotopic (exact) mass is 275 g/mol. The molecule has 1 aliphatic rings. The molecule has 5 nitrogen and oxygen atoms in total. The van der Waals surface area contributed by atoms with E-state index in [1.54, 1.807) is 12.1 Å². The van der Waals surface area contributed by atoms with Crippen molar-refractivity contribution < 1.29 is 4.39 Å². The number of halogens is 1. The molecular weight excluding hydrogens is 257 g/mol. The normalized spacial score (nSPS) is 22.1. The summed E-state index contributed by atoms with van der Waals surface area (Å²) in [5.41, 5.74) is 1.28. The van der Waals surface area contributed by atoms with Crippen molar-refractivity contribution in [2.24, 2.45) is 5.92 Å². The predicted octanol–water partition coefficient (Wildman–Crippen LogP) is 2.79. The Bertz CT molecular complexity index is 569. The number of rotatable bonds is 4. The second-order valence-corrected chi connectivity index (χ2v) is 5.35. The molecule has 0 spiro atoms. The number of hydrogen-bond donors (Lipinski definition) is 1. The number of nitrogens with one attached hydrogen (secondary N) is 1. The lowest BCUT2D eigenvalue weighted by molar-refractivity contribution is 0.524. The summed E-state index contributed by atoms with van der Waals surface area (Å²) < 4.78 is 15.4. The minimum atomic E-state index is -0.234. The smallest absolute Gasteiger partial charge is 0.146 e. The van der Waals surface area contributed by atoms with Gasteiger partial charge in [-0.1, -0.05) is 13.3 Å². The summed E-state index contributed by atoms with van der Waals surface area (Å²) in [5, 5.41) is 14.3. The van der Waals surface area contributed by atoms with E-state index in [0.717, 1.165) is 24.4 Å². The summed E-state index contributed by atoms with van der Waals surface area (Å²) in [6.07, 6.45) is 6.14. The average molecular weight is 275 g/mol. The molecule has 0 radical (unpaired) electrons. The largest absolute Gasteiger partial charge is 0.380 e. The van der Waals surface area contributed by atoms with E-state index in [2.05, 4.69) is 27.8 Å². The van der Waals surface area contributed by atoms with Gasteiger partial charge in [0.25, 0.3) is 0 Å². The maximum absolute atomic E-state index is 13.9. The molecule has 1 aromatic carbocycles. The molecule has 1 N–H and O–H groups in total. The summed E-state index contributed by atoms with van der Waals surface area (Å²) in [6, 6.07) is 5.23. The zero-order valence-electron chi connectivity index (χ0n) is 11.5. The molecule has 0 bridgehead atoms. The van der Waals surface area contributed by atoms with Crippen LogP contribution in [0.3, 0.4) is 0 Å². The van der Waals surface area contributed by atoms with Crippen LogP contribution in [-0.4, -0.2) is 26.2 Å². The van der Waals surface area contributed by atoms with Gasteiger partial charge in [-0.05, 0) is 53.8 Å². The van der Waals surface area contributed by atoms with Gasteiger partial charge in [0.05, 0.1) is 11.4 Å². The Morgan fingerprint density at radius 2 is 2.30 bits per heavy atom. The van der Waals surface area contributed by atoms with Gasteiger partial charge in [0.15, 0.2) is 0 Å². The van der Waals surface area contributed by atoms with Crippen molar-refractivity contribution in [3.05, 3.63) is 30.3 Å². The molecule has 3 rings (SSSR count). The topological polar surface area (TPSA) is 55.6 Å². The quantitative estimate of drug-likeness (QED) is 0.932. The Hall–Kier alpha value is -1.98. The van der Waals surface area contributed by atoms with Gasteiger partial charge in [-0.3, -0.25) is 0 Å². The molecule has 20 heavy (non-hydrogen) atoms. The third-order valence-corrected chi connectivity index (χ3v) is 4.04. The highest BCUT2D eigenvalue weighted by molar-refractivity contribution is 5.52. The number of tetrazole rings is 1. The van der Waals surface area contributed by atoms with Gasteiger partial charge >= 0.3 is 0 Å². The van der Waals surface area contributed by atoms with E-state index in [-0.39, 0.29) is 5.82 Å². The number of aromatic nitrogens is 4. The zero-order chi connectivity index (χ0) is 13.9. The Labute approximate surface area is 117 Å². The Morgan fingerprint density at radius 1 is 1.40 bits per heavy atom. The van der Waals surface area contributed by atoms with Crippen LogP contribution in [0.4, 0.5) is 10.1 Å². The first kappa shape index (κ1) is 13.0. The molecule has 0 saturated heterocycles. The first-order valence-electron chi connectivity index (χ1n) is 7.05. The molecule has 1 heterocycles. The number of benzene rings is 1. The molecule has 2 aromatic rings. The van der Waals surface area contributed by atoms with Crippen molar-refractivity contribution in [2.45, 2.75) is 38.6 Å². The predicted molar refractivity (Wildman–Crippen MR) is 74.2 cm³/mol. The highest BCUT2D eigenvalue weighted by Gasteiger charge is 2.23. The second-order valence-electron chi connectivity index (χ2n) is 5.35. The van der Waals surface area contributed by atoms with Gasteiger partial charge in [0.1, 0.15) is 12.1 Å².